The first-order valence-corrected chi connectivity index (χ1v) is 7.78. The third kappa shape index (κ3) is 3.39. The van der Waals surface area contributed by atoms with Crippen LogP contribution in [-0.2, 0) is 14.8 Å². The quantitative estimate of drug-likeness (QED) is 0.632. The van der Waals surface area contributed by atoms with E-state index >= 15 is 0 Å². The minimum atomic E-state index is -3.99. The van der Waals surface area contributed by atoms with Gasteiger partial charge in [-0.1, -0.05) is 0 Å². The maximum absolute atomic E-state index is 12.3. The highest BCUT2D eigenvalue weighted by atomic mass is 32.2. The number of rotatable bonds is 5. The molecule has 1 aromatic rings. The lowest BCUT2D eigenvalue weighted by atomic mass is 10.0. The summed E-state index contributed by atoms with van der Waals surface area (Å²) in [5.41, 5.74) is -1.74. The SMILES string of the molecule is O=C(O)CCC1CCN(S(=O)(=O)c2c[nH]c(=O)[nH]c2=O)C1. The molecule has 0 radical (unpaired) electrons. The molecule has 0 saturated carbocycles. The number of nitrogens with zero attached hydrogens (tertiary/aromatic N) is 1. The van der Waals surface area contributed by atoms with E-state index in [9.17, 15) is 22.8 Å². The number of aliphatic carboxylic acids is 1. The topological polar surface area (TPSA) is 140 Å². The zero-order chi connectivity index (χ0) is 15.6. The van der Waals surface area contributed by atoms with Crippen molar-refractivity contribution in [1.29, 1.82) is 0 Å². The maximum atomic E-state index is 12.3. The van der Waals surface area contributed by atoms with Crippen molar-refractivity contribution >= 4 is 16.0 Å². The molecule has 1 fully saturated rings. The average molecular weight is 317 g/mol. The summed E-state index contributed by atoms with van der Waals surface area (Å²) in [7, 11) is -3.99. The zero-order valence-corrected chi connectivity index (χ0v) is 11.9. The van der Waals surface area contributed by atoms with Gasteiger partial charge in [-0.3, -0.25) is 14.6 Å². The van der Waals surface area contributed by atoms with Crippen LogP contribution in [0.15, 0.2) is 20.7 Å². The molecule has 2 heterocycles. The molecule has 9 nitrogen and oxygen atoms in total. The monoisotopic (exact) mass is 317 g/mol. The van der Waals surface area contributed by atoms with Crippen molar-refractivity contribution in [2.24, 2.45) is 5.92 Å². The Bertz CT molecular complexity index is 750. The highest BCUT2D eigenvalue weighted by Gasteiger charge is 2.34. The molecule has 1 atom stereocenters. The maximum Gasteiger partial charge on any atom is 0.325 e. The lowest BCUT2D eigenvalue weighted by Gasteiger charge is -2.15. The summed E-state index contributed by atoms with van der Waals surface area (Å²) in [5, 5.41) is 8.63. The number of aromatic nitrogens is 2. The number of nitrogens with one attached hydrogen (secondary N) is 2. The molecule has 21 heavy (non-hydrogen) atoms. The van der Waals surface area contributed by atoms with Crippen molar-refractivity contribution in [2.45, 2.75) is 24.2 Å². The van der Waals surface area contributed by atoms with E-state index in [1.165, 1.54) is 0 Å². The van der Waals surface area contributed by atoms with E-state index in [-0.39, 0.29) is 25.4 Å². The van der Waals surface area contributed by atoms with Crippen molar-refractivity contribution in [1.82, 2.24) is 14.3 Å². The van der Waals surface area contributed by atoms with Crippen LogP contribution in [0.3, 0.4) is 0 Å². The van der Waals surface area contributed by atoms with Gasteiger partial charge in [0.1, 0.15) is 0 Å². The van der Waals surface area contributed by atoms with E-state index in [0.29, 0.717) is 12.8 Å². The first-order valence-electron chi connectivity index (χ1n) is 6.34. The Labute approximate surface area is 119 Å². The summed E-state index contributed by atoms with van der Waals surface area (Å²) >= 11 is 0. The van der Waals surface area contributed by atoms with E-state index in [1.807, 2.05) is 4.98 Å². The van der Waals surface area contributed by atoms with Crippen molar-refractivity contribution in [3.63, 3.8) is 0 Å². The molecule has 1 unspecified atom stereocenters. The van der Waals surface area contributed by atoms with E-state index in [1.54, 1.807) is 0 Å². The van der Waals surface area contributed by atoms with Crippen molar-refractivity contribution in [3.8, 4) is 0 Å². The largest absolute Gasteiger partial charge is 0.481 e. The minimum Gasteiger partial charge on any atom is -0.481 e. The summed E-state index contributed by atoms with van der Waals surface area (Å²) < 4.78 is 25.8. The predicted molar refractivity (Wildman–Crippen MR) is 71.4 cm³/mol. The molecular formula is C11H15N3O6S. The third-order valence-electron chi connectivity index (χ3n) is 3.42. The first-order chi connectivity index (χ1) is 9.80. The second-order valence-corrected chi connectivity index (χ2v) is 6.79. The molecule has 0 aromatic carbocycles. The van der Waals surface area contributed by atoms with Crippen LogP contribution < -0.4 is 11.2 Å². The number of sulfonamides is 1. The van der Waals surface area contributed by atoms with Crippen molar-refractivity contribution in [2.75, 3.05) is 13.1 Å². The summed E-state index contributed by atoms with van der Waals surface area (Å²) in [6.07, 6.45) is 1.80. The van der Waals surface area contributed by atoms with Gasteiger partial charge < -0.3 is 10.1 Å². The summed E-state index contributed by atoms with van der Waals surface area (Å²) in [6, 6.07) is 0. The molecule has 3 N–H and O–H groups in total. The standard InChI is InChI=1S/C11H15N3O6S/c15-9(16)2-1-7-3-4-14(6-7)21(19,20)8-5-12-11(18)13-10(8)17/h5,7H,1-4,6H2,(H,15,16)(H2,12,13,17,18). The average Bonchev–Trinajstić information content (AvgIpc) is 2.85. The van der Waals surface area contributed by atoms with E-state index in [2.05, 4.69) is 4.98 Å². The lowest BCUT2D eigenvalue weighted by Crippen LogP contribution is -2.35. The van der Waals surface area contributed by atoms with Crippen LogP contribution in [0.1, 0.15) is 19.3 Å². The molecule has 0 aliphatic carbocycles. The summed E-state index contributed by atoms with van der Waals surface area (Å²) in [5.74, 6) is -0.967. The van der Waals surface area contributed by atoms with Crippen LogP contribution in [0.5, 0.6) is 0 Å². The zero-order valence-electron chi connectivity index (χ0n) is 11.0. The fourth-order valence-electron chi connectivity index (χ4n) is 2.31. The molecule has 0 amide bonds. The second kappa shape index (κ2) is 5.82. The fraction of sp³-hybridized carbons (Fsp3) is 0.545. The molecule has 10 heteroatoms. The molecule has 0 spiro atoms. The fourth-order valence-corrected chi connectivity index (χ4v) is 3.83. The molecule has 0 bridgehead atoms. The Morgan fingerprint density at radius 1 is 1.43 bits per heavy atom. The van der Waals surface area contributed by atoms with Gasteiger partial charge in [0.25, 0.3) is 5.56 Å². The molecule has 2 rings (SSSR count). The van der Waals surface area contributed by atoms with Crippen LogP contribution >= 0.6 is 0 Å². The van der Waals surface area contributed by atoms with E-state index < -0.39 is 32.1 Å². The van der Waals surface area contributed by atoms with Crippen LogP contribution in [-0.4, -0.2) is 46.9 Å². The molecular weight excluding hydrogens is 302 g/mol. The molecule has 1 aliphatic rings. The molecule has 1 aliphatic heterocycles. The van der Waals surface area contributed by atoms with Gasteiger partial charge in [-0.15, -0.1) is 0 Å². The Morgan fingerprint density at radius 2 is 2.14 bits per heavy atom. The second-order valence-electron chi connectivity index (χ2n) is 4.89. The van der Waals surface area contributed by atoms with Crippen LogP contribution in [0.25, 0.3) is 0 Å². The van der Waals surface area contributed by atoms with Gasteiger partial charge in [0, 0.05) is 25.7 Å². The van der Waals surface area contributed by atoms with Crippen LogP contribution in [0.4, 0.5) is 0 Å². The number of carbonyl (C=O) groups is 1. The Morgan fingerprint density at radius 3 is 2.76 bits per heavy atom. The third-order valence-corrected chi connectivity index (χ3v) is 5.29. The minimum absolute atomic E-state index is 0.0161. The highest BCUT2D eigenvalue weighted by molar-refractivity contribution is 7.89. The van der Waals surface area contributed by atoms with Gasteiger partial charge in [0.2, 0.25) is 10.0 Å². The number of H-pyrrole nitrogens is 2. The number of aromatic amines is 2. The van der Waals surface area contributed by atoms with Crippen molar-refractivity contribution in [3.05, 3.63) is 27.0 Å². The van der Waals surface area contributed by atoms with Crippen LogP contribution in [0, 0.1) is 5.92 Å². The van der Waals surface area contributed by atoms with Gasteiger partial charge in [0.15, 0.2) is 4.90 Å². The number of carboxylic acid groups (broad SMARTS) is 1. The number of hydrogen-bond acceptors (Lipinski definition) is 5. The smallest absolute Gasteiger partial charge is 0.325 e. The van der Waals surface area contributed by atoms with Crippen LogP contribution in [0.2, 0.25) is 0 Å². The molecule has 1 aromatic heterocycles. The first kappa shape index (κ1) is 15.4. The Kier molecular flexibility index (Phi) is 4.28. The lowest BCUT2D eigenvalue weighted by molar-refractivity contribution is -0.137. The number of hydrogen-bond donors (Lipinski definition) is 3. The Hall–Kier alpha value is -1.94. The Balaban J connectivity index is 2.16. The molecule has 116 valence electrons. The highest BCUT2D eigenvalue weighted by Crippen LogP contribution is 2.25. The van der Waals surface area contributed by atoms with Gasteiger partial charge in [-0.25, -0.2) is 13.2 Å². The summed E-state index contributed by atoms with van der Waals surface area (Å²) in [4.78, 5) is 36.5. The van der Waals surface area contributed by atoms with Gasteiger partial charge >= 0.3 is 11.7 Å². The van der Waals surface area contributed by atoms with Gasteiger partial charge in [0.05, 0.1) is 0 Å². The predicted octanol–water partition coefficient (Wildman–Crippen LogP) is -1.06. The van der Waals surface area contributed by atoms with E-state index in [0.717, 1.165) is 10.5 Å². The summed E-state index contributed by atoms with van der Waals surface area (Å²) in [6.45, 7) is 0.402. The molecule has 1 saturated heterocycles. The van der Waals surface area contributed by atoms with Gasteiger partial charge in [-0.05, 0) is 18.8 Å². The normalized spacial score (nSPS) is 19.7. The van der Waals surface area contributed by atoms with Gasteiger partial charge in [-0.2, -0.15) is 4.31 Å². The van der Waals surface area contributed by atoms with E-state index in [4.69, 9.17) is 5.11 Å². The number of carboxylic acids is 1. The van der Waals surface area contributed by atoms with Crippen molar-refractivity contribution < 1.29 is 18.3 Å².